The van der Waals surface area contributed by atoms with E-state index in [9.17, 15) is 22.8 Å². The molecule has 0 aromatic rings. The van der Waals surface area contributed by atoms with Gasteiger partial charge < -0.3 is 10.1 Å². The lowest BCUT2D eigenvalue weighted by Crippen LogP contribution is -2.50. The summed E-state index contributed by atoms with van der Waals surface area (Å²) in [5, 5.41) is 2.54. The minimum absolute atomic E-state index is 0.0195. The Kier molecular flexibility index (Phi) is 5.08. The van der Waals surface area contributed by atoms with Crippen LogP contribution in [0.15, 0.2) is 0 Å². The first-order valence-electron chi connectivity index (χ1n) is 7.18. The molecule has 0 bridgehead atoms. The molecule has 1 saturated heterocycles. The van der Waals surface area contributed by atoms with Gasteiger partial charge in [-0.15, -0.1) is 0 Å². The van der Waals surface area contributed by atoms with Crippen molar-refractivity contribution >= 4 is 12.0 Å². The molecule has 0 spiro atoms. The summed E-state index contributed by atoms with van der Waals surface area (Å²) in [5.74, 6) is -0.844. The third-order valence-corrected chi connectivity index (χ3v) is 3.88. The molecule has 2 fully saturated rings. The van der Waals surface area contributed by atoms with Crippen molar-refractivity contribution in [2.75, 3.05) is 13.2 Å². The van der Waals surface area contributed by atoms with Crippen LogP contribution in [0.4, 0.5) is 18.0 Å². The van der Waals surface area contributed by atoms with Gasteiger partial charge in [-0.25, -0.2) is 9.69 Å². The zero-order valence-corrected chi connectivity index (χ0v) is 11.6. The van der Waals surface area contributed by atoms with Gasteiger partial charge in [0.15, 0.2) is 0 Å². The van der Waals surface area contributed by atoms with Crippen LogP contribution in [0.25, 0.3) is 0 Å². The summed E-state index contributed by atoms with van der Waals surface area (Å²) in [7, 11) is 0. The number of cyclic esters (lactones) is 1. The van der Waals surface area contributed by atoms with Crippen LogP contribution >= 0.6 is 0 Å². The number of carbonyl (C=O) groups is 2. The maximum Gasteiger partial charge on any atom is 0.416 e. The minimum Gasteiger partial charge on any atom is -0.447 e. The zero-order chi connectivity index (χ0) is 15.5. The number of alkyl halides is 3. The Balaban J connectivity index is 1.95. The predicted octanol–water partition coefficient (Wildman–Crippen LogP) is 2.21. The third kappa shape index (κ3) is 4.33. The highest BCUT2D eigenvalue weighted by molar-refractivity contribution is 5.93. The number of nitrogens with one attached hydrogen (secondary N) is 1. The summed E-state index contributed by atoms with van der Waals surface area (Å²) in [6, 6.07) is -2.13. The van der Waals surface area contributed by atoms with Crippen molar-refractivity contribution in [1.29, 1.82) is 0 Å². The molecular weight excluding hydrogens is 289 g/mol. The number of imide groups is 1. The summed E-state index contributed by atoms with van der Waals surface area (Å²) in [6.07, 6.45) is -1.94. The first-order valence-corrected chi connectivity index (χ1v) is 7.18. The van der Waals surface area contributed by atoms with Gasteiger partial charge in [0.05, 0.1) is 13.0 Å². The molecule has 0 aromatic heterocycles. The average Bonchev–Trinajstić information content (AvgIpc) is 2.84. The number of halogens is 3. The molecule has 0 aromatic carbocycles. The number of amides is 2. The van der Waals surface area contributed by atoms with E-state index in [1.54, 1.807) is 0 Å². The summed E-state index contributed by atoms with van der Waals surface area (Å²) >= 11 is 0. The van der Waals surface area contributed by atoms with E-state index in [0.29, 0.717) is 12.8 Å². The highest BCUT2D eigenvalue weighted by Crippen LogP contribution is 2.26. The first-order chi connectivity index (χ1) is 9.88. The van der Waals surface area contributed by atoms with Crippen LogP contribution in [0.5, 0.6) is 0 Å². The Morgan fingerprint density at radius 1 is 1.33 bits per heavy atom. The van der Waals surface area contributed by atoms with Crippen LogP contribution in [0.1, 0.15) is 38.5 Å². The Bertz CT molecular complexity index is 395. The Hall–Kier alpha value is -1.31. The van der Waals surface area contributed by atoms with E-state index >= 15 is 0 Å². The number of nitrogens with zero attached hydrogens (tertiary/aromatic N) is 1. The first kappa shape index (κ1) is 16.1. The van der Waals surface area contributed by atoms with E-state index in [-0.39, 0.29) is 19.2 Å². The van der Waals surface area contributed by atoms with Gasteiger partial charge in [0.2, 0.25) is 5.91 Å². The molecule has 21 heavy (non-hydrogen) atoms. The molecular formula is C13H19F3N2O3. The molecule has 1 heterocycles. The van der Waals surface area contributed by atoms with Crippen molar-refractivity contribution < 1.29 is 27.5 Å². The van der Waals surface area contributed by atoms with Crippen molar-refractivity contribution in [3.8, 4) is 0 Å². The maximum atomic E-state index is 13.1. The van der Waals surface area contributed by atoms with Gasteiger partial charge in [0.1, 0.15) is 12.6 Å². The van der Waals surface area contributed by atoms with Gasteiger partial charge in [-0.2, -0.15) is 13.2 Å². The number of hydrogen-bond acceptors (Lipinski definition) is 4. The highest BCUT2D eigenvalue weighted by Gasteiger charge is 2.43. The van der Waals surface area contributed by atoms with Crippen LogP contribution in [-0.4, -0.2) is 48.3 Å². The summed E-state index contributed by atoms with van der Waals surface area (Å²) in [6.45, 7) is 0.0585. The van der Waals surface area contributed by atoms with Crippen LogP contribution in [0, 0.1) is 0 Å². The lowest BCUT2D eigenvalue weighted by Gasteiger charge is -2.30. The van der Waals surface area contributed by atoms with Crippen molar-refractivity contribution in [3.05, 3.63) is 0 Å². The van der Waals surface area contributed by atoms with E-state index < -0.39 is 30.6 Å². The van der Waals surface area contributed by atoms with E-state index in [0.717, 1.165) is 24.2 Å². The van der Waals surface area contributed by atoms with Crippen LogP contribution < -0.4 is 5.32 Å². The SMILES string of the molecule is O=C(CC(NC1CCCCC1)C(F)(F)F)N1CCOC1=O. The molecule has 8 heteroatoms. The molecule has 1 atom stereocenters. The minimum atomic E-state index is -4.52. The zero-order valence-electron chi connectivity index (χ0n) is 11.6. The fraction of sp³-hybridized carbons (Fsp3) is 0.846. The molecule has 1 unspecified atom stereocenters. The molecule has 1 saturated carbocycles. The molecule has 5 nitrogen and oxygen atoms in total. The number of hydrogen-bond donors (Lipinski definition) is 1. The van der Waals surface area contributed by atoms with Crippen molar-refractivity contribution in [1.82, 2.24) is 10.2 Å². The highest BCUT2D eigenvalue weighted by atomic mass is 19.4. The second-order valence-electron chi connectivity index (χ2n) is 5.46. The molecule has 1 aliphatic heterocycles. The molecule has 2 rings (SSSR count). The van der Waals surface area contributed by atoms with Crippen LogP contribution in [0.2, 0.25) is 0 Å². The van der Waals surface area contributed by atoms with Gasteiger partial charge in [-0.05, 0) is 12.8 Å². The fourth-order valence-corrected chi connectivity index (χ4v) is 2.73. The summed E-state index contributed by atoms with van der Waals surface area (Å²) < 4.78 is 43.8. The Labute approximate surface area is 120 Å². The normalized spacial score (nSPS) is 22.2. The Morgan fingerprint density at radius 2 is 2.00 bits per heavy atom. The van der Waals surface area contributed by atoms with E-state index in [1.807, 2.05) is 0 Å². The predicted molar refractivity (Wildman–Crippen MR) is 67.5 cm³/mol. The lowest BCUT2D eigenvalue weighted by atomic mass is 9.94. The standard InChI is InChI=1S/C13H19F3N2O3/c14-13(15,16)10(17-9-4-2-1-3-5-9)8-11(19)18-6-7-21-12(18)20/h9-10,17H,1-8H2. The number of rotatable bonds is 4. The van der Waals surface area contributed by atoms with Gasteiger partial charge in [0, 0.05) is 6.04 Å². The molecule has 2 amide bonds. The summed E-state index contributed by atoms with van der Waals surface area (Å²) in [4.78, 5) is 23.8. The van der Waals surface area contributed by atoms with Gasteiger partial charge >= 0.3 is 12.3 Å². The van der Waals surface area contributed by atoms with Crippen molar-refractivity contribution in [2.45, 2.75) is 56.8 Å². The lowest BCUT2D eigenvalue weighted by molar-refractivity contribution is -0.165. The van der Waals surface area contributed by atoms with Gasteiger partial charge in [0.25, 0.3) is 0 Å². The van der Waals surface area contributed by atoms with Crippen LogP contribution in [0.3, 0.4) is 0 Å². The molecule has 2 aliphatic rings. The summed E-state index contributed by atoms with van der Waals surface area (Å²) in [5.41, 5.74) is 0. The van der Waals surface area contributed by atoms with Crippen LogP contribution in [-0.2, 0) is 9.53 Å². The molecule has 120 valence electrons. The monoisotopic (exact) mass is 308 g/mol. The molecule has 0 radical (unpaired) electrons. The second-order valence-corrected chi connectivity index (χ2v) is 5.46. The molecule has 1 N–H and O–H groups in total. The van der Waals surface area contributed by atoms with E-state index in [2.05, 4.69) is 10.1 Å². The largest absolute Gasteiger partial charge is 0.447 e. The van der Waals surface area contributed by atoms with E-state index in [4.69, 9.17) is 0 Å². The van der Waals surface area contributed by atoms with Gasteiger partial charge in [-0.3, -0.25) is 4.79 Å². The smallest absolute Gasteiger partial charge is 0.416 e. The third-order valence-electron chi connectivity index (χ3n) is 3.88. The van der Waals surface area contributed by atoms with Gasteiger partial charge in [-0.1, -0.05) is 19.3 Å². The number of ether oxygens (including phenoxy) is 1. The topological polar surface area (TPSA) is 58.6 Å². The Morgan fingerprint density at radius 3 is 2.52 bits per heavy atom. The second kappa shape index (κ2) is 6.64. The average molecular weight is 308 g/mol. The molecule has 1 aliphatic carbocycles. The fourth-order valence-electron chi connectivity index (χ4n) is 2.73. The van der Waals surface area contributed by atoms with E-state index in [1.165, 1.54) is 0 Å². The maximum absolute atomic E-state index is 13.1. The van der Waals surface area contributed by atoms with Crippen molar-refractivity contribution in [2.24, 2.45) is 0 Å². The van der Waals surface area contributed by atoms with Crippen molar-refractivity contribution in [3.63, 3.8) is 0 Å². The quantitative estimate of drug-likeness (QED) is 0.865. The number of carbonyl (C=O) groups excluding carboxylic acids is 2.